The molecule has 3 N–H and O–H groups in total. The molecule has 1 fully saturated rings. The second-order valence-electron chi connectivity index (χ2n) is 8.03. The first kappa shape index (κ1) is 23.3. The van der Waals surface area contributed by atoms with Gasteiger partial charge in [0.05, 0.1) is 16.9 Å². The number of benzene rings is 2. The first-order valence-electron chi connectivity index (χ1n) is 10.9. The first-order valence-corrected chi connectivity index (χ1v) is 11.3. The normalized spacial score (nSPS) is 13.9. The van der Waals surface area contributed by atoms with Crippen molar-refractivity contribution in [3.63, 3.8) is 0 Å². The molecular formula is C26H25ClN4O3. The summed E-state index contributed by atoms with van der Waals surface area (Å²) < 4.78 is 5.81. The number of piperidine rings is 1. The summed E-state index contributed by atoms with van der Waals surface area (Å²) in [5, 5.41) is 2.88. The van der Waals surface area contributed by atoms with E-state index in [0.29, 0.717) is 28.3 Å². The number of nitrogens with zero attached hydrogens (tertiary/aromatic N) is 2. The molecule has 34 heavy (non-hydrogen) atoms. The largest absolute Gasteiger partial charge is 0.456 e. The van der Waals surface area contributed by atoms with E-state index in [4.69, 9.17) is 22.1 Å². The van der Waals surface area contributed by atoms with Gasteiger partial charge in [-0.25, -0.2) is 0 Å². The van der Waals surface area contributed by atoms with Crippen LogP contribution in [0, 0.1) is 0 Å². The van der Waals surface area contributed by atoms with Gasteiger partial charge in [0.2, 0.25) is 5.91 Å². The number of pyridine rings is 1. The second-order valence-corrected chi connectivity index (χ2v) is 8.48. The van der Waals surface area contributed by atoms with Crippen LogP contribution in [0.25, 0.3) is 11.3 Å². The number of ether oxygens (including phenoxy) is 1. The highest BCUT2D eigenvalue weighted by Gasteiger charge is 2.23. The predicted molar refractivity (Wildman–Crippen MR) is 133 cm³/mol. The fourth-order valence-corrected chi connectivity index (χ4v) is 3.98. The number of hydrogen-bond acceptors (Lipinski definition) is 5. The van der Waals surface area contributed by atoms with Crippen LogP contribution in [0.15, 0.2) is 78.5 Å². The Morgan fingerprint density at radius 2 is 1.79 bits per heavy atom. The van der Waals surface area contributed by atoms with Gasteiger partial charge in [0.1, 0.15) is 11.5 Å². The molecule has 0 atom stereocenters. The number of halogens is 1. The number of nitrogens with one attached hydrogen (secondary N) is 1. The maximum absolute atomic E-state index is 12.1. The number of anilines is 1. The fourth-order valence-electron chi connectivity index (χ4n) is 3.93. The van der Waals surface area contributed by atoms with E-state index in [1.807, 2.05) is 54.6 Å². The van der Waals surface area contributed by atoms with E-state index < -0.39 is 5.91 Å². The summed E-state index contributed by atoms with van der Waals surface area (Å²) in [5.74, 6) is 0.456. The van der Waals surface area contributed by atoms with Crippen LogP contribution >= 0.6 is 11.6 Å². The summed E-state index contributed by atoms with van der Waals surface area (Å²) in [5.41, 5.74) is 8.28. The van der Waals surface area contributed by atoms with Crippen LogP contribution in [0.4, 0.5) is 5.69 Å². The molecule has 3 aromatic rings. The van der Waals surface area contributed by atoms with Crippen molar-refractivity contribution in [3.8, 4) is 22.8 Å². The Kier molecular flexibility index (Phi) is 7.13. The highest BCUT2D eigenvalue weighted by atomic mass is 35.5. The second kappa shape index (κ2) is 10.4. The number of hydrogen-bond donors (Lipinski definition) is 2. The minimum absolute atomic E-state index is 0.0122. The SMILES string of the molecule is C=C(Cl)C(=O)NC1CCN(c2ccc(C(N)=O)c(-c3ccc(Oc4ccccc4)cn3)c2)CC1. The topological polar surface area (TPSA) is 97.6 Å². The molecule has 0 unspecified atom stereocenters. The van der Waals surface area contributed by atoms with E-state index in [1.165, 1.54) is 0 Å². The Hall–Kier alpha value is -3.84. The van der Waals surface area contributed by atoms with E-state index in [2.05, 4.69) is 21.8 Å². The smallest absolute Gasteiger partial charge is 0.262 e. The van der Waals surface area contributed by atoms with Crippen molar-refractivity contribution in [2.45, 2.75) is 18.9 Å². The average Bonchev–Trinajstić information content (AvgIpc) is 2.85. The molecule has 1 aliphatic rings. The van der Waals surface area contributed by atoms with Gasteiger partial charge < -0.3 is 20.7 Å². The molecule has 0 radical (unpaired) electrons. The molecule has 2 heterocycles. The molecule has 0 aliphatic carbocycles. The third-order valence-corrected chi connectivity index (χ3v) is 5.87. The number of nitrogens with two attached hydrogens (primary N) is 1. The van der Waals surface area contributed by atoms with Crippen LogP contribution in [0.2, 0.25) is 0 Å². The average molecular weight is 477 g/mol. The Bertz CT molecular complexity index is 1190. The van der Waals surface area contributed by atoms with Gasteiger partial charge in [0.15, 0.2) is 0 Å². The van der Waals surface area contributed by atoms with Crippen LogP contribution in [0.1, 0.15) is 23.2 Å². The van der Waals surface area contributed by atoms with Gasteiger partial charge >= 0.3 is 0 Å². The lowest BCUT2D eigenvalue weighted by atomic mass is 9.99. The summed E-state index contributed by atoms with van der Waals surface area (Å²) in [6.07, 6.45) is 3.16. The van der Waals surface area contributed by atoms with E-state index in [0.717, 1.165) is 31.6 Å². The minimum Gasteiger partial charge on any atom is -0.456 e. The van der Waals surface area contributed by atoms with Crippen molar-refractivity contribution in [3.05, 3.63) is 84.0 Å². The number of primary amides is 1. The van der Waals surface area contributed by atoms with Crippen molar-refractivity contribution in [1.29, 1.82) is 0 Å². The number of amides is 2. The molecule has 2 amide bonds. The lowest BCUT2D eigenvalue weighted by Gasteiger charge is -2.34. The molecule has 0 spiro atoms. The standard InChI is InChI=1S/C26H25ClN4O3/c1-17(27)26(33)30-18-11-13-31(14-12-18)19-7-9-22(25(28)32)23(15-19)24-10-8-21(16-29-24)34-20-5-3-2-4-6-20/h2-10,15-16,18H,1,11-14H2,(H2,28,32)(H,30,33). The third-order valence-electron chi connectivity index (χ3n) is 5.70. The predicted octanol–water partition coefficient (Wildman–Crippen LogP) is 4.48. The van der Waals surface area contributed by atoms with Crippen LogP contribution in [0.3, 0.4) is 0 Å². The van der Waals surface area contributed by atoms with Crippen LogP contribution < -0.4 is 20.7 Å². The molecule has 0 saturated carbocycles. The van der Waals surface area contributed by atoms with E-state index >= 15 is 0 Å². The molecule has 2 aromatic carbocycles. The molecule has 1 aromatic heterocycles. The molecular weight excluding hydrogens is 452 g/mol. The van der Waals surface area contributed by atoms with Crippen molar-refractivity contribution < 1.29 is 14.3 Å². The Morgan fingerprint density at radius 1 is 1.06 bits per heavy atom. The Balaban J connectivity index is 1.51. The highest BCUT2D eigenvalue weighted by molar-refractivity contribution is 6.41. The van der Waals surface area contributed by atoms with Crippen LogP contribution in [-0.2, 0) is 4.79 Å². The summed E-state index contributed by atoms with van der Waals surface area (Å²) in [6.45, 7) is 4.95. The Morgan fingerprint density at radius 3 is 2.41 bits per heavy atom. The zero-order valence-electron chi connectivity index (χ0n) is 18.5. The Labute approximate surface area is 203 Å². The van der Waals surface area contributed by atoms with Crippen molar-refractivity contribution >= 4 is 29.1 Å². The number of carbonyl (C=O) groups is 2. The molecule has 4 rings (SSSR count). The summed E-state index contributed by atoms with van der Waals surface area (Å²) >= 11 is 5.67. The zero-order chi connectivity index (χ0) is 24.1. The van der Waals surface area contributed by atoms with Gasteiger partial charge in [-0.1, -0.05) is 36.4 Å². The highest BCUT2D eigenvalue weighted by Crippen LogP contribution is 2.30. The molecule has 1 saturated heterocycles. The number of para-hydroxylation sites is 1. The van der Waals surface area contributed by atoms with Crippen LogP contribution in [-0.4, -0.2) is 35.9 Å². The lowest BCUT2D eigenvalue weighted by molar-refractivity contribution is -0.117. The minimum atomic E-state index is -0.518. The van der Waals surface area contributed by atoms with E-state index in [9.17, 15) is 9.59 Å². The summed E-state index contributed by atoms with van der Waals surface area (Å²) in [4.78, 5) is 30.6. The van der Waals surface area contributed by atoms with Crippen molar-refractivity contribution in [2.24, 2.45) is 5.73 Å². The van der Waals surface area contributed by atoms with Gasteiger partial charge in [0, 0.05) is 35.9 Å². The number of aromatic nitrogens is 1. The van der Waals surface area contributed by atoms with Gasteiger partial charge in [0.25, 0.3) is 5.91 Å². The van der Waals surface area contributed by atoms with Gasteiger partial charge in [-0.3, -0.25) is 14.6 Å². The number of rotatable bonds is 7. The molecule has 0 bridgehead atoms. The maximum Gasteiger partial charge on any atom is 0.262 e. The van der Waals surface area contributed by atoms with Crippen molar-refractivity contribution in [1.82, 2.24) is 10.3 Å². The first-order chi connectivity index (χ1) is 16.4. The van der Waals surface area contributed by atoms with Gasteiger partial charge in [-0.15, -0.1) is 0 Å². The quantitative estimate of drug-likeness (QED) is 0.490. The van der Waals surface area contributed by atoms with Crippen molar-refractivity contribution in [2.75, 3.05) is 18.0 Å². The number of carbonyl (C=O) groups excluding carboxylic acids is 2. The zero-order valence-corrected chi connectivity index (χ0v) is 19.3. The molecule has 8 heteroatoms. The summed E-state index contributed by atoms with van der Waals surface area (Å²) in [6, 6.07) is 18.6. The molecule has 1 aliphatic heterocycles. The molecule has 174 valence electrons. The third kappa shape index (κ3) is 5.55. The van der Waals surface area contributed by atoms with Gasteiger partial charge in [-0.05, 0) is 55.3 Å². The fraction of sp³-hybridized carbons (Fsp3) is 0.192. The van der Waals surface area contributed by atoms with E-state index in [-0.39, 0.29) is 17.0 Å². The van der Waals surface area contributed by atoms with E-state index in [1.54, 1.807) is 12.3 Å². The molecule has 7 nitrogen and oxygen atoms in total. The van der Waals surface area contributed by atoms with Crippen LogP contribution in [0.5, 0.6) is 11.5 Å². The monoisotopic (exact) mass is 476 g/mol. The lowest BCUT2D eigenvalue weighted by Crippen LogP contribution is -2.44. The maximum atomic E-state index is 12.1. The summed E-state index contributed by atoms with van der Waals surface area (Å²) in [7, 11) is 0. The van der Waals surface area contributed by atoms with Gasteiger partial charge in [-0.2, -0.15) is 0 Å².